The predicted octanol–water partition coefficient (Wildman–Crippen LogP) is 3.78. The number of benzene rings is 2. The number of fused-ring (bicyclic) bond motifs is 1. The van der Waals surface area contributed by atoms with Crippen LogP contribution in [0.3, 0.4) is 0 Å². The molecule has 1 heterocycles. The Labute approximate surface area is 167 Å². The van der Waals surface area contributed by atoms with E-state index < -0.39 is 17.0 Å². The molecule has 3 rings (SSSR count). The molecular weight excluding hydrogens is 376 g/mol. The number of aryl methyl sites for hydroxylation is 1. The van der Waals surface area contributed by atoms with Crippen molar-refractivity contribution in [2.45, 2.75) is 33.4 Å². The van der Waals surface area contributed by atoms with Crippen LogP contribution in [0, 0.1) is 24.0 Å². The molecule has 0 aliphatic rings. The second-order valence-corrected chi connectivity index (χ2v) is 6.76. The fourth-order valence-electron chi connectivity index (χ4n) is 3.51. The number of aromatic nitrogens is 1. The van der Waals surface area contributed by atoms with E-state index in [9.17, 15) is 25.1 Å². The molecular formula is C21H22N2O6. The van der Waals surface area contributed by atoms with Gasteiger partial charge in [0.15, 0.2) is 0 Å². The third-order valence-electron chi connectivity index (χ3n) is 5.05. The average molecular weight is 398 g/mol. The number of nitro benzene ring substituents is 1. The highest BCUT2D eigenvalue weighted by Crippen LogP contribution is 2.35. The molecule has 29 heavy (non-hydrogen) atoms. The zero-order valence-electron chi connectivity index (χ0n) is 16.4. The van der Waals surface area contributed by atoms with Gasteiger partial charge >= 0.3 is 5.97 Å². The van der Waals surface area contributed by atoms with Crippen LogP contribution in [0.15, 0.2) is 36.4 Å². The van der Waals surface area contributed by atoms with E-state index >= 15 is 0 Å². The summed E-state index contributed by atoms with van der Waals surface area (Å²) in [6, 6.07) is 8.92. The fraction of sp³-hybridized carbons (Fsp3) is 0.286. The molecule has 0 radical (unpaired) electrons. The van der Waals surface area contributed by atoms with Crippen molar-refractivity contribution in [1.82, 2.24) is 4.57 Å². The number of rotatable bonds is 6. The maximum Gasteiger partial charge on any atom is 0.340 e. The van der Waals surface area contributed by atoms with Crippen LogP contribution < -0.4 is 0 Å². The van der Waals surface area contributed by atoms with Gasteiger partial charge in [0.25, 0.3) is 5.69 Å². The topological polar surface area (TPSA) is 115 Å². The van der Waals surface area contributed by atoms with Crippen LogP contribution in [0.5, 0.6) is 5.75 Å². The number of ether oxygens (including phenoxy) is 1. The van der Waals surface area contributed by atoms with Gasteiger partial charge in [0, 0.05) is 34.3 Å². The minimum Gasteiger partial charge on any atom is -0.508 e. The van der Waals surface area contributed by atoms with Gasteiger partial charge in [0.05, 0.1) is 29.7 Å². The summed E-state index contributed by atoms with van der Waals surface area (Å²) in [5.41, 5.74) is 2.66. The molecule has 2 N–H and O–H groups in total. The zero-order chi connectivity index (χ0) is 21.3. The summed E-state index contributed by atoms with van der Waals surface area (Å²) < 4.78 is 6.98. The first-order chi connectivity index (χ1) is 13.8. The molecule has 0 saturated heterocycles. The number of non-ortho nitro benzene ring substituents is 1. The average Bonchev–Trinajstić information content (AvgIpc) is 2.97. The molecule has 0 fully saturated rings. The first-order valence-electron chi connectivity index (χ1n) is 9.17. The molecule has 3 aromatic rings. The minimum atomic E-state index is -0.950. The third-order valence-corrected chi connectivity index (χ3v) is 5.05. The van der Waals surface area contributed by atoms with Crippen molar-refractivity contribution in [3.63, 3.8) is 0 Å². The van der Waals surface area contributed by atoms with Crippen LogP contribution in [0.4, 0.5) is 5.69 Å². The Hall–Kier alpha value is -3.39. The maximum absolute atomic E-state index is 12.6. The van der Waals surface area contributed by atoms with Crippen LogP contribution in [0.2, 0.25) is 0 Å². The number of carbonyl (C=O) groups excluding carboxylic acids is 1. The molecule has 1 unspecified atom stereocenters. The lowest BCUT2D eigenvalue weighted by atomic mass is 10.1. The van der Waals surface area contributed by atoms with Gasteiger partial charge in [-0.3, -0.25) is 10.1 Å². The summed E-state index contributed by atoms with van der Waals surface area (Å²) in [6.45, 7) is 5.54. The predicted molar refractivity (Wildman–Crippen MR) is 107 cm³/mol. The summed E-state index contributed by atoms with van der Waals surface area (Å²) in [5.74, 6) is -0.427. The Balaban J connectivity index is 2.07. The Bertz CT molecular complexity index is 1080. The van der Waals surface area contributed by atoms with E-state index in [1.165, 1.54) is 24.3 Å². The molecule has 0 bridgehead atoms. The highest BCUT2D eigenvalue weighted by Gasteiger charge is 2.25. The highest BCUT2D eigenvalue weighted by atomic mass is 16.6. The largest absolute Gasteiger partial charge is 0.508 e. The molecule has 8 nitrogen and oxygen atoms in total. The second-order valence-electron chi connectivity index (χ2n) is 6.76. The number of nitrogens with zero attached hydrogens (tertiary/aromatic N) is 2. The van der Waals surface area contributed by atoms with Gasteiger partial charge in [-0.2, -0.15) is 0 Å². The summed E-state index contributed by atoms with van der Waals surface area (Å²) in [7, 11) is 0. The van der Waals surface area contributed by atoms with E-state index in [0.717, 1.165) is 0 Å². The summed E-state index contributed by atoms with van der Waals surface area (Å²) in [6.07, 6.45) is -0.950. The molecule has 0 aliphatic heterocycles. The Morgan fingerprint density at radius 1 is 1.21 bits per heavy atom. The van der Waals surface area contributed by atoms with Gasteiger partial charge < -0.3 is 19.5 Å². The van der Waals surface area contributed by atoms with Crippen molar-refractivity contribution in [2.75, 3.05) is 6.61 Å². The first-order valence-corrected chi connectivity index (χ1v) is 9.17. The zero-order valence-corrected chi connectivity index (χ0v) is 16.4. The standard InChI is InChI=1S/C21H22N2O6/c1-4-29-21(26)20-13(3)22(16-9-10-17(24)12(2)19(16)20)11-18(25)14-5-7-15(8-6-14)23(27)28/h5-10,18,24-25H,4,11H2,1-3H3. The molecule has 8 heteroatoms. The normalized spacial score (nSPS) is 12.1. The third kappa shape index (κ3) is 3.66. The number of hydrogen-bond acceptors (Lipinski definition) is 6. The molecule has 0 amide bonds. The van der Waals surface area contributed by atoms with Crippen molar-refractivity contribution >= 4 is 22.6 Å². The van der Waals surface area contributed by atoms with Crippen molar-refractivity contribution < 1.29 is 24.7 Å². The number of phenols is 1. The van der Waals surface area contributed by atoms with Gasteiger partial charge in [0.1, 0.15) is 5.75 Å². The highest BCUT2D eigenvalue weighted by molar-refractivity contribution is 6.07. The lowest BCUT2D eigenvalue weighted by Crippen LogP contribution is -2.12. The van der Waals surface area contributed by atoms with Crippen molar-refractivity contribution in [2.24, 2.45) is 0 Å². The van der Waals surface area contributed by atoms with Crippen LogP contribution in [0.25, 0.3) is 10.9 Å². The van der Waals surface area contributed by atoms with Gasteiger partial charge in [-0.1, -0.05) is 0 Å². The van der Waals surface area contributed by atoms with E-state index in [1.807, 2.05) is 0 Å². The Kier molecular flexibility index (Phi) is 5.56. The van der Waals surface area contributed by atoms with E-state index in [2.05, 4.69) is 0 Å². The molecule has 0 saturated carbocycles. The van der Waals surface area contributed by atoms with Crippen LogP contribution in [-0.2, 0) is 11.3 Å². The monoisotopic (exact) mass is 398 g/mol. The number of hydrogen-bond donors (Lipinski definition) is 2. The fourth-order valence-corrected chi connectivity index (χ4v) is 3.51. The number of aliphatic hydroxyl groups excluding tert-OH is 1. The smallest absolute Gasteiger partial charge is 0.340 e. The number of esters is 1. The van der Waals surface area contributed by atoms with Crippen LogP contribution in [0.1, 0.15) is 40.2 Å². The first kappa shape index (κ1) is 20.3. The lowest BCUT2D eigenvalue weighted by Gasteiger charge is -2.15. The Morgan fingerprint density at radius 3 is 2.45 bits per heavy atom. The minimum absolute atomic E-state index is 0.0563. The van der Waals surface area contributed by atoms with Gasteiger partial charge in [-0.15, -0.1) is 0 Å². The van der Waals surface area contributed by atoms with E-state index in [4.69, 9.17) is 4.74 Å². The second kappa shape index (κ2) is 7.92. The summed E-state index contributed by atoms with van der Waals surface area (Å²) >= 11 is 0. The summed E-state index contributed by atoms with van der Waals surface area (Å²) in [4.78, 5) is 22.9. The summed E-state index contributed by atoms with van der Waals surface area (Å²) in [5, 5.41) is 32.2. The van der Waals surface area contributed by atoms with E-state index in [1.54, 1.807) is 37.5 Å². The van der Waals surface area contributed by atoms with Crippen molar-refractivity contribution in [1.29, 1.82) is 0 Å². The number of carbonyl (C=O) groups is 1. The SMILES string of the molecule is CCOC(=O)c1c(C)n(CC(O)c2ccc([N+](=O)[O-])cc2)c2ccc(O)c(C)c12. The lowest BCUT2D eigenvalue weighted by molar-refractivity contribution is -0.384. The number of nitro groups is 1. The number of aromatic hydroxyl groups is 1. The molecule has 0 spiro atoms. The number of aliphatic hydroxyl groups is 1. The molecule has 2 aromatic carbocycles. The van der Waals surface area contributed by atoms with Crippen molar-refractivity contribution in [3.8, 4) is 5.75 Å². The van der Waals surface area contributed by atoms with E-state index in [0.29, 0.717) is 33.3 Å². The molecule has 152 valence electrons. The maximum atomic E-state index is 12.6. The van der Waals surface area contributed by atoms with E-state index in [-0.39, 0.29) is 24.6 Å². The Morgan fingerprint density at radius 2 is 1.86 bits per heavy atom. The molecule has 1 aromatic heterocycles. The van der Waals surface area contributed by atoms with Gasteiger partial charge in [0.2, 0.25) is 0 Å². The van der Waals surface area contributed by atoms with Gasteiger partial charge in [-0.25, -0.2) is 4.79 Å². The van der Waals surface area contributed by atoms with Gasteiger partial charge in [-0.05, 0) is 50.6 Å². The molecule has 1 atom stereocenters. The molecule has 0 aliphatic carbocycles. The van der Waals surface area contributed by atoms with Crippen molar-refractivity contribution in [3.05, 3.63) is 68.9 Å². The van der Waals surface area contributed by atoms with Crippen LogP contribution >= 0.6 is 0 Å². The van der Waals surface area contributed by atoms with Crippen LogP contribution in [-0.4, -0.2) is 32.3 Å². The number of phenolic OH excluding ortho intramolecular Hbond substituents is 1. The quantitative estimate of drug-likeness (QED) is 0.371.